The monoisotopic (exact) mass is 298 g/mol. The molecule has 0 aliphatic rings. The van der Waals surface area contributed by atoms with Gasteiger partial charge in [0, 0.05) is 16.9 Å². The lowest BCUT2D eigenvalue weighted by atomic mass is 10.1. The van der Waals surface area contributed by atoms with Crippen molar-refractivity contribution >= 4 is 21.8 Å². The van der Waals surface area contributed by atoms with Gasteiger partial charge in [0.1, 0.15) is 0 Å². The third kappa shape index (κ3) is 6.44. The number of rotatable bonds is 7. The van der Waals surface area contributed by atoms with Crippen LogP contribution in [0.15, 0.2) is 28.7 Å². The maximum atomic E-state index is 10.6. The summed E-state index contributed by atoms with van der Waals surface area (Å²) in [5.41, 5.74) is 6.38. The third-order valence-corrected chi connectivity index (χ3v) is 3.08. The fourth-order valence-corrected chi connectivity index (χ4v) is 1.92. The van der Waals surface area contributed by atoms with Crippen molar-refractivity contribution in [3.63, 3.8) is 0 Å². The van der Waals surface area contributed by atoms with Crippen molar-refractivity contribution in [3.05, 3.63) is 34.3 Å². The molecule has 4 heteroatoms. The van der Waals surface area contributed by atoms with Crippen molar-refractivity contribution in [1.82, 2.24) is 5.32 Å². The molecule has 1 amide bonds. The number of carbonyl (C=O) groups excluding carboxylic acids is 1. The number of halogens is 1. The molecular formula is C13H19BrN2O. The van der Waals surface area contributed by atoms with Gasteiger partial charge in [-0.05, 0) is 44.0 Å². The average Bonchev–Trinajstić information content (AvgIpc) is 2.27. The second-order valence-corrected chi connectivity index (χ2v) is 5.17. The molecule has 1 atom stereocenters. The third-order valence-electron chi connectivity index (χ3n) is 2.55. The molecule has 0 radical (unpaired) electrons. The minimum Gasteiger partial charge on any atom is -0.370 e. The molecule has 3 nitrogen and oxygen atoms in total. The maximum Gasteiger partial charge on any atom is 0.217 e. The molecule has 94 valence electrons. The van der Waals surface area contributed by atoms with Crippen LogP contribution < -0.4 is 11.1 Å². The summed E-state index contributed by atoms with van der Waals surface area (Å²) in [7, 11) is 0. The first-order valence-corrected chi connectivity index (χ1v) is 6.63. The van der Waals surface area contributed by atoms with E-state index in [0.29, 0.717) is 12.5 Å². The number of benzene rings is 1. The highest BCUT2D eigenvalue weighted by Gasteiger charge is 2.03. The van der Waals surface area contributed by atoms with Crippen molar-refractivity contribution in [2.75, 3.05) is 6.54 Å². The lowest BCUT2D eigenvalue weighted by molar-refractivity contribution is -0.118. The van der Waals surface area contributed by atoms with Gasteiger partial charge in [0.25, 0.3) is 0 Å². The largest absolute Gasteiger partial charge is 0.370 e. The second-order valence-electron chi connectivity index (χ2n) is 4.26. The Labute approximate surface area is 111 Å². The molecule has 1 unspecified atom stereocenters. The molecule has 3 N–H and O–H groups in total. The Balaban J connectivity index is 2.22. The predicted octanol–water partition coefficient (Wildman–Crippen LogP) is 2.24. The van der Waals surface area contributed by atoms with Gasteiger partial charge >= 0.3 is 0 Å². The van der Waals surface area contributed by atoms with Crippen LogP contribution in [0.3, 0.4) is 0 Å². The number of hydrogen-bond acceptors (Lipinski definition) is 2. The Morgan fingerprint density at radius 1 is 1.41 bits per heavy atom. The zero-order valence-corrected chi connectivity index (χ0v) is 11.7. The Hall–Kier alpha value is -0.870. The molecule has 0 aromatic heterocycles. The highest BCUT2D eigenvalue weighted by atomic mass is 79.9. The fraction of sp³-hybridized carbons (Fsp3) is 0.462. The lowest BCUT2D eigenvalue weighted by Gasteiger charge is -2.13. The number of hydrogen-bond donors (Lipinski definition) is 2. The normalized spacial score (nSPS) is 12.4. The molecule has 1 aromatic rings. The van der Waals surface area contributed by atoms with Gasteiger partial charge in [-0.1, -0.05) is 28.1 Å². The molecule has 1 aromatic carbocycles. The molecule has 0 aliphatic carbocycles. The standard InChI is InChI=1S/C13H19BrN2O/c1-10(16-8-2-3-13(15)17)9-11-4-6-12(14)7-5-11/h4-7,10,16H,2-3,8-9H2,1H3,(H2,15,17). The number of primary amides is 1. The smallest absolute Gasteiger partial charge is 0.217 e. The molecule has 17 heavy (non-hydrogen) atoms. The summed E-state index contributed by atoms with van der Waals surface area (Å²) in [5.74, 6) is -0.229. The zero-order chi connectivity index (χ0) is 12.7. The summed E-state index contributed by atoms with van der Waals surface area (Å²) in [6.45, 7) is 2.98. The van der Waals surface area contributed by atoms with Crippen LogP contribution in [-0.4, -0.2) is 18.5 Å². The molecule has 0 aliphatic heterocycles. The SMILES string of the molecule is CC(Cc1ccc(Br)cc1)NCCCC(N)=O. The van der Waals surface area contributed by atoms with Gasteiger partial charge in [-0.25, -0.2) is 0 Å². The van der Waals surface area contributed by atoms with Crippen molar-refractivity contribution in [2.45, 2.75) is 32.2 Å². The van der Waals surface area contributed by atoms with E-state index in [1.54, 1.807) is 0 Å². The van der Waals surface area contributed by atoms with Crippen molar-refractivity contribution in [3.8, 4) is 0 Å². The number of nitrogens with two attached hydrogens (primary N) is 1. The second kappa shape index (κ2) is 7.45. The van der Waals surface area contributed by atoms with Crippen LogP contribution in [0.25, 0.3) is 0 Å². The van der Waals surface area contributed by atoms with Crippen LogP contribution in [0.1, 0.15) is 25.3 Å². The van der Waals surface area contributed by atoms with Crippen molar-refractivity contribution in [2.24, 2.45) is 5.73 Å². The Bertz CT molecular complexity index is 351. The van der Waals surface area contributed by atoms with Gasteiger partial charge in [0.05, 0.1) is 0 Å². The quantitative estimate of drug-likeness (QED) is 0.759. The van der Waals surface area contributed by atoms with Crippen LogP contribution >= 0.6 is 15.9 Å². The first-order chi connectivity index (χ1) is 8.08. The van der Waals surface area contributed by atoms with Crippen molar-refractivity contribution in [1.29, 1.82) is 0 Å². The number of amides is 1. The van der Waals surface area contributed by atoms with Gasteiger partial charge in [0.2, 0.25) is 5.91 Å². The van der Waals surface area contributed by atoms with Crippen LogP contribution in [0.2, 0.25) is 0 Å². The molecular weight excluding hydrogens is 280 g/mol. The minimum absolute atomic E-state index is 0.229. The van der Waals surface area contributed by atoms with E-state index in [4.69, 9.17) is 5.73 Å². The fourth-order valence-electron chi connectivity index (χ4n) is 1.66. The molecule has 0 saturated carbocycles. The van der Waals surface area contributed by atoms with E-state index in [-0.39, 0.29) is 5.91 Å². The van der Waals surface area contributed by atoms with E-state index in [9.17, 15) is 4.79 Å². The van der Waals surface area contributed by atoms with Crippen LogP contribution in [-0.2, 0) is 11.2 Å². The molecule has 1 rings (SSSR count). The topological polar surface area (TPSA) is 55.1 Å². The van der Waals surface area contributed by atoms with Crippen molar-refractivity contribution < 1.29 is 4.79 Å². The molecule has 0 saturated heterocycles. The Kier molecular flexibility index (Phi) is 6.22. The highest BCUT2D eigenvalue weighted by Crippen LogP contribution is 2.11. The summed E-state index contributed by atoms with van der Waals surface area (Å²) >= 11 is 3.42. The van der Waals surface area contributed by atoms with E-state index in [1.807, 2.05) is 0 Å². The summed E-state index contributed by atoms with van der Waals surface area (Å²) < 4.78 is 1.10. The van der Waals surface area contributed by atoms with E-state index >= 15 is 0 Å². The lowest BCUT2D eigenvalue weighted by Crippen LogP contribution is -2.29. The summed E-state index contributed by atoms with van der Waals surface area (Å²) in [6.07, 6.45) is 2.25. The number of nitrogens with one attached hydrogen (secondary N) is 1. The van der Waals surface area contributed by atoms with E-state index in [0.717, 1.165) is 23.9 Å². The van der Waals surface area contributed by atoms with Gasteiger partial charge in [-0.15, -0.1) is 0 Å². The van der Waals surface area contributed by atoms with Crippen LogP contribution in [0.4, 0.5) is 0 Å². The summed E-state index contributed by atoms with van der Waals surface area (Å²) in [5, 5.41) is 3.38. The van der Waals surface area contributed by atoms with Gasteiger partial charge in [-0.3, -0.25) is 4.79 Å². The zero-order valence-electron chi connectivity index (χ0n) is 10.1. The van der Waals surface area contributed by atoms with Gasteiger partial charge in [0.15, 0.2) is 0 Å². The first kappa shape index (κ1) is 14.2. The molecule has 0 heterocycles. The maximum absolute atomic E-state index is 10.6. The molecule has 0 spiro atoms. The highest BCUT2D eigenvalue weighted by molar-refractivity contribution is 9.10. The summed E-state index contributed by atoms with van der Waals surface area (Å²) in [6, 6.07) is 8.74. The number of carbonyl (C=O) groups is 1. The minimum atomic E-state index is -0.229. The van der Waals surface area contributed by atoms with E-state index < -0.39 is 0 Å². The van der Waals surface area contributed by atoms with Gasteiger partial charge in [-0.2, -0.15) is 0 Å². The van der Waals surface area contributed by atoms with Crippen LogP contribution in [0.5, 0.6) is 0 Å². The van der Waals surface area contributed by atoms with E-state index in [1.165, 1.54) is 5.56 Å². The van der Waals surface area contributed by atoms with Crippen LogP contribution in [0, 0.1) is 0 Å². The Morgan fingerprint density at radius 2 is 2.06 bits per heavy atom. The molecule has 0 fully saturated rings. The first-order valence-electron chi connectivity index (χ1n) is 5.84. The van der Waals surface area contributed by atoms with Gasteiger partial charge < -0.3 is 11.1 Å². The summed E-state index contributed by atoms with van der Waals surface area (Å²) in [4.78, 5) is 10.6. The Morgan fingerprint density at radius 3 is 2.65 bits per heavy atom. The van der Waals surface area contributed by atoms with E-state index in [2.05, 4.69) is 52.4 Å². The predicted molar refractivity (Wildman–Crippen MR) is 73.7 cm³/mol. The molecule has 0 bridgehead atoms. The average molecular weight is 299 g/mol.